The lowest BCUT2D eigenvalue weighted by Gasteiger charge is -2.09. The van der Waals surface area contributed by atoms with Gasteiger partial charge in [0.1, 0.15) is 5.75 Å². The summed E-state index contributed by atoms with van der Waals surface area (Å²) in [6, 6.07) is 12.9. The van der Waals surface area contributed by atoms with Crippen molar-refractivity contribution < 1.29 is 13.9 Å². The number of hydrogen-bond donors (Lipinski definition) is 2. The van der Waals surface area contributed by atoms with E-state index in [1.54, 1.807) is 37.4 Å². The number of methoxy groups -OCH3 is 2. The number of aromatic nitrogens is 2. The minimum Gasteiger partial charge on any atom is -0.497 e. The Hall–Kier alpha value is -3.35. The van der Waals surface area contributed by atoms with E-state index >= 15 is 0 Å². The van der Waals surface area contributed by atoms with Gasteiger partial charge < -0.3 is 14.8 Å². The van der Waals surface area contributed by atoms with Crippen molar-refractivity contribution in [3.8, 4) is 22.8 Å². The normalized spacial score (nSPS) is 10.4. The molecule has 0 spiro atoms. The molecule has 1 aromatic heterocycles. The first-order valence-electron chi connectivity index (χ1n) is 7.45. The van der Waals surface area contributed by atoms with Gasteiger partial charge in [0.25, 0.3) is 5.56 Å². The Morgan fingerprint density at radius 2 is 1.80 bits per heavy atom. The molecule has 6 nitrogen and oxygen atoms in total. The number of aromatic amines is 1. The molecular weight excluding hydrogens is 325 g/mol. The van der Waals surface area contributed by atoms with Gasteiger partial charge in [-0.25, -0.2) is 9.37 Å². The van der Waals surface area contributed by atoms with Crippen LogP contribution in [0.2, 0.25) is 0 Å². The molecule has 0 aliphatic carbocycles. The number of halogens is 1. The molecule has 0 fully saturated rings. The SMILES string of the molecule is COc1ccc(-c2cc(=O)[nH]c(Nc3ccc(OC)c(F)c3)n2)cc1. The highest BCUT2D eigenvalue weighted by Gasteiger charge is 2.07. The molecule has 128 valence electrons. The van der Waals surface area contributed by atoms with Crippen molar-refractivity contribution in [2.45, 2.75) is 0 Å². The van der Waals surface area contributed by atoms with Crippen LogP contribution in [0.1, 0.15) is 0 Å². The van der Waals surface area contributed by atoms with Crippen LogP contribution < -0.4 is 20.3 Å². The summed E-state index contributed by atoms with van der Waals surface area (Å²) in [6.07, 6.45) is 0. The van der Waals surface area contributed by atoms with Crippen LogP contribution in [0.5, 0.6) is 11.5 Å². The molecule has 0 saturated carbocycles. The molecule has 0 amide bonds. The first-order valence-corrected chi connectivity index (χ1v) is 7.45. The molecule has 2 N–H and O–H groups in total. The average Bonchev–Trinajstić information content (AvgIpc) is 2.61. The quantitative estimate of drug-likeness (QED) is 0.744. The standard InChI is InChI=1S/C18H16FN3O3/c1-24-13-6-3-11(4-7-13)15-10-17(23)22-18(21-15)20-12-5-8-16(25-2)14(19)9-12/h3-10H,1-2H3,(H2,20,21,22,23). The maximum atomic E-state index is 13.8. The van der Waals surface area contributed by atoms with E-state index in [0.717, 1.165) is 5.56 Å². The number of anilines is 2. The van der Waals surface area contributed by atoms with Crippen molar-refractivity contribution in [2.75, 3.05) is 19.5 Å². The third-order valence-corrected chi connectivity index (χ3v) is 3.54. The zero-order chi connectivity index (χ0) is 17.8. The number of benzene rings is 2. The summed E-state index contributed by atoms with van der Waals surface area (Å²) in [7, 11) is 2.97. The molecule has 25 heavy (non-hydrogen) atoms. The Bertz CT molecular complexity index is 939. The Morgan fingerprint density at radius 1 is 1.04 bits per heavy atom. The molecule has 0 atom stereocenters. The Labute approximate surface area is 143 Å². The van der Waals surface area contributed by atoms with Crippen LogP contribution in [0, 0.1) is 5.82 Å². The predicted molar refractivity (Wildman–Crippen MR) is 93.1 cm³/mol. The minimum atomic E-state index is -0.513. The van der Waals surface area contributed by atoms with E-state index in [2.05, 4.69) is 15.3 Å². The van der Waals surface area contributed by atoms with Crippen LogP contribution in [-0.4, -0.2) is 24.2 Å². The van der Waals surface area contributed by atoms with Crippen LogP contribution in [-0.2, 0) is 0 Å². The Kier molecular flexibility index (Phi) is 4.65. The van der Waals surface area contributed by atoms with Crippen molar-refractivity contribution in [1.82, 2.24) is 9.97 Å². The third kappa shape index (κ3) is 3.77. The van der Waals surface area contributed by atoms with Gasteiger partial charge in [0.05, 0.1) is 19.9 Å². The molecule has 1 heterocycles. The molecule has 0 unspecified atom stereocenters. The summed E-state index contributed by atoms with van der Waals surface area (Å²) in [4.78, 5) is 18.9. The molecule has 0 saturated heterocycles. The molecular formula is C18H16FN3O3. The van der Waals surface area contributed by atoms with Crippen molar-refractivity contribution in [2.24, 2.45) is 0 Å². The van der Waals surface area contributed by atoms with Crippen molar-refractivity contribution in [3.63, 3.8) is 0 Å². The molecule has 3 rings (SSSR count). The second kappa shape index (κ2) is 7.04. The van der Waals surface area contributed by atoms with Crippen LogP contribution in [0.4, 0.5) is 16.0 Å². The fraction of sp³-hybridized carbons (Fsp3) is 0.111. The van der Waals surface area contributed by atoms with E-state index in [4.69, 9.17) is 9.47 Å². The number of H-pyrrole nitrogens is 1. The minimum absolute atomic E-state index is 0.138. The van der Waals surface area contributed by atoms with E-state index in [1.807, 2.05) is 0 Å². The summed E-state index contributed by atoms with van der Waals surface area (Å²) < 4.78 is 23.8. The molecule has 3 aromatic rings. The Morgan fingerprint density at radius 3 is 2.44 bits per heavy atom. The highest BCUT2D eigenvalue weighted by molar-refractivity contribution is 5.63. The summed E-state index contributed by atoms with van der Waals surface area (Å²) >= 11 is 0. The van der Waals surface area contributed by atoms with Gasteiger partial charge in [0.2, 0.25) is 5.95 Å². The predicted octanol–water partition coefficient (Wildman–Crippen LogP) is 3.34. The van der Waals surface area contributed by atoms with Gasteiger partial charge in [-0.15, -0.1) is 0 Å². The maximum absolute atomic E-state index is 13.8. The number of nitrogens with one attached hydrogen (secondary N) is 2. The lowest BCUT2D eigenvalue weighted by atomic mass is 10.1. The fourth-order valence-electron chi connectivity index (χ4n) is 2.31. The molecule has 0 radical (unpaired) electrons. The number of rotatable bonds is 5. The first kappa shape index (κ1) is 16.5. The summed E-state index contributed by atoms with van der Waals surface area (Å²) in [5.74, 6) is 0.545. The number of nitrogens with zero attached hydrogens (tertiary/aromatic N) is 1. The van der Waals surface area contributed by atoms with Gasteiger partial charge in [-0.05, 0) is 36.4 Å². The van der Waals surface area contributed by atoms with Crippen molar-refractivity contribution >= 4 is 11.6 Å². The fourth-order valence-corrected chi connectivity index (χ4v) is 2.31. The number of hydrogen-bond acceptors (Lipinski definition) is 5. The zero-order valence-corrected chi connectivity index (χ0v) is 13.7. The van der Waals surface area contributed by atoms with Crippen LogP contribution in [0.3, 0.4) is 0 Å². The van der Waals surface area contributed by atoms with Gasteiger partial charge in [0, 0.05) is 23.4 Å². The summed E-state index contributed by atoms with van der Waals surface area (Å²) in [5, 5.41) is 2.88. The monoisotopic (exact) mass is 341 g/mol. The Balaban J connectivity index is 1.91. The van der Waals surface area contributed by atoms with Crippen LogP contribution >= 0.6 is 0 Å². The van der Waals surface area contributed by atoms with Gasteiger partial charge >= 0.3 is 0 Å². The second-order valence-corrected chi connectivity index (χ2v) is 5.18. The molecule has 0 aliphatic heterocycles. The van der Waals surface area contributed by atoms with Gasteiger partial charge in [-0.2, -0.15) is 0 Å². The largest absolute Gasteiger partial charge is 0.497 e. The van der Waals surface area contributed by atoms with E-state index in [9.17, 15) is 9.18 Å². The summed E-state index contributed by atoms with van der Waals surface area (Å²) in [5.41, 5.74) is 1.37. The molecule has 0 bridgehead atoms. The first-order chi connectivity index (χ1) is 12.1. The van der Waals surface area contributed by atoms with E-state index in [1.165, 1.54) is 25.3 Å². The maximum Gasteiger partial charge on any atom is 0.252 e. The highest BCUT2D eigenvalue weighted by atomic mass is 19.1. The van der Waals surface area contributed by atoms with Crippen LogP contribution in [0.15, 0.2) is 53.3 Å². The zero-order valence-electron chi connectivity index (χ0n) is 13.7. The molecule has 0 aliphatic rings. The smallest absolute Gasteiger partial charge is 0.252 e. The van der Waals surface area contributed by atoms with Gasteiger partial charge in [0.15, 0.2) is 11.6 Å². The van der Waals surface area contributed by atoms with E-state index in [-0.39, 0.29) is 17.3 Å². The second-order valence-electron chi connectivity index (χ2n) is 5.18. The van der Waals surface area contributed by atoms with E-state index < -0.39 is 5.82 Å². The highest BCUT2D eigenvalue weighted by Crippen LogP contribution is 2.24. The molecule has 7 heteroatoms. The van der Waals surface area contributed by atoms with Gasteiger partial charge in [-0.3, -0.25) is 9.78 Å². The van der Waals surface area contributed by atoms with Crippen LogP contribution in [0.25, 0.3) is 11.3 Å². The average molecular weight is 341 g/mol. The summed E-state index contributed by atoms with van der Waals surface area (Å²) in [6.45, 7) is 0. The van der Waals surface area contributed by atoms with Gasteiger partial charge in [-0.1, -0.05) is 0 Å². The third-order valence-electron chi connectivity index (χ3n) is 3.54. The topological polar surface area (TPSA) is 76.2 Å². The number of ether oxygens (including phenoxy) is 2. The lowest BCUT2D eigenvalue weighted by Crippen LogP contribution is -2.10. The van der Waals surface area contributed by atoms with Crippen molar-refractivity contribution in [1.29, 1.82) is 0 Å². The lowest BCUT2D eigenvalue weighted by molar-refractivity contribution is 0.386. The molecule has 2 aromatic carbocycles. The van der Waals surface area contributed by atoms with E-state index in [0.29, 0.717) is 17.1 Å². The van der Waals surface area contributed by atoms with Crippen molar-refractivity contribution in [3.05, 3.63) is 64.7 Å².